The van der Waals surface area contributed by atoms with E-state index < -0.39 is 23.7 Å². The van der Waals surface area contributed by atoms with Crippen molar-refractivity contribution in [1.29, 1.82) is 0 Å². The highest BCUT2D eigenvalue weighted by Gasteiger charge is 2.24. The van der Waals surface area contributed by atoms with Gasteiger partial charge in [0, 0.05) is 12.0 Å². The molecule has 0 radical (unpaired) electrons. The molecule has 1 amide bonds. The summed E-state index contributed by atoms with van der Waals surface area (Å²) in [5.74, 6) is -1.56. The van der Waals surface area contributed by atoms with E-state index in [0.717, 1.165) is 22.8 Å². The minimum absolute atomic E-state index is 0.158. The normalized spacial score (nSPS) is 11.7. The van der Waals surface area contributed by atoms with E-state index in [1.165, 1.54) is 25.3 Å². The minimum atomic E-state index is -0.842. The largest absolute Gasteiger partial charge is 0.467 e. The molecule has 0 bridgehead atoms. The van der Waals surface area contributed by atoms with Crippen molar-refractivity contribution < 1.29 is 18.7 Å². The predicted molar refractivity (Wildman–Crippen MR) is 89.3 cm³/mol. The van der Waals surface area contributed by atoms with Crippen molar-refractivity contribution in [1.82, 2.24) is 5.32 Å². The number of halogens is 1. The van der Waals surface area contributed by atoms with Crippen LogP contribution in [0.1, 0.15) is 27.0 Å². The van der Waals surface area contributed by atoms with E-state index in [1.807, 2.05) is 32.0 Å². The number of carbonyl (C=O) groups is 2. The van der Waals surface area contributed by atoms with Gasteiger partial charge in [0.25, 0.3) is 5.91 Å². The first-order chi connectivity index (χ1) is 11.4. The smallest absolute Gasteiger partial charge is 0.328 e. The van der Waals surface area contributed by atoms with Crippen molar-refractivity contribution in [3.63, 3.8) is 0 Å². The van der Waals surface area contributed by atoms with Gasteiger partial charge in [-0.15, -0.1) is 0 Å². The fourth-order valence-corrected chi connectivity index (χ4v) is 2.58. The second kappa shape index (κ2) is 7.73. The van der Waals surface area contributed by atoms with E-state index >= 15 is 0 Å². The summed E-state index contributed by atoms with van der Waals surface area (Å²) < 4.78 is 18.1. The highest BCUT2D eigenvalue weighted by Crippen LogP contribution is 2.16. The Morgan fingerprint density at radius 3 is 2.33 bits per heavy atom. The number of esters is 1. The lowest BCUT2D eigenvalue weighted by Gasteiger charge is -2.19. The number of rotatable bonds is 5. The van der Waals surface area contributed by atoms with E-state index in [-0.39, 0.29) is 5.56 Å². The maximum atomic E-state index is 13.3. The van der Waals surface area contributed by atoms with Crippen LogP contribution in [-0.4, -0.2) is 25.0 Å². The molecular formula is C19H20FNO3. The molecule has 0 aliphatic carbocycles. The molecule has 0 aliphatic rings. The fraction of sp³-hybridized carbons (Fsp3) is 0.263. The summed E-state index contributed by atoms with van der Waals surface area (Å²) in [6.07, 6.45) is 0.312. The zero-order chi connectivity index (χ0) is 17.7. The molecule has 0 aliphatic heterocycles. The van der Waals surface area contributed by atoms with Crippen LogP contribution in [0.2, 0.25) is 0 Å². The Kier molecular flexibility index (Phi) is 5.68. The highest BCUT2D eigenvalue weighted by atomic mass is 19.1. The molecule has 1 N–H and O–H groups in total. The Balaban J connectivity index is 2.23. The number of amides is 1. The standard InChI is InChI=1S/C19H20FNO3/c1-12-6-4-7-13(2)16(12)11-17(19(23)24-3)21-18(22)14-8-5-9-15(20)10-14/h4-10,17H,11H2,1-3H3,(H,21,22)/t17-/m1/s1. The number of carbonyl (C=O) groups excluding carboxylic acids is 2. The molecule has 24 heavy (non-hydrogen) atoms. The van der Waals surface area contributed by atoms with Crippen molar-refractivity contribution in [3.8, 4) is 0 Å². The van der Waals surface area contributed by atoms with Gasteiger partial charge in [0.2, 0.25) is 0 Å². The van der Waals surface area contributed by atoms with E-state index in [4.69, 9.17) is 4.74 Å². The molecule has 0 spiro atoms. The number of hydrogen-bond donors (Lipinski definition) is 1. The quantitative estimate of drug-likeness (QED) is 0.858. The van der Waals surface area contributed by atoms with Crippen LogP contribution in [0.5, 0.6) is 0 Å². The summed E-state index contributed by atoms with van der Waals surface area (Å²) in [5.41, 5.74) is 3.20. The lowest BCUT2D eigenvalue weighted by molar-refractivity contribution is -0.142. The van der Waals surface area contributed by atoms with Crippen LogP contribution >= 0.6 is 0 Å². The van der Waals surface area contributed by atoms with Crippen LogP contribution in [0.25, 0.3) is 0 Å². The Labute approximate surface area is 140 Å². The molecule has 0 unspecified atom stereocenters. The van der Waals surface area contributed by atoms with E-state index in [9.17, 15) is 14.0 Å². The number of benzene rings is 2. The lowest BCUT2D eigenvalue weighted by atomic mass is 9.96. The SMILES string of the molecule is COC(=O)[C@@H](Cc1c(C)cccc1C)NC(=O)c1cccc(F)c1. The maximum absolute atomic E-state index is 13.3. The third-order valence-electron chi connectivity index (χ3n) is 3.93. The van der Waals surface area contributed by atoms with Gasteiger partial charge in [0.15, 0.2) is 0 Å². The third-order valence-corrected chi connectivity index (χ3v) is 3.93. The van der Waals surface area contributed by atoms with Crippen molar-refractivity contribution in [2.24, 2.45) is 0 Å². The Hall–Kier alpha value is -2.69. The number of nitrogens with one attached hydrogen (secondary N) is 1. The second-order valence-corrected chi connectivity index (χ2v) is 5.63. The van der Waals surface area contributed by atoms with E-state index in [2.05, 4.69) is 5.32 Å². The highest BCUT2D eigenvalue weighted by molar-refractivity contribution is 5.96. The van der Waals surface area contributed by atoms with Gasteiger partial charge < -0.3 is 10.1 Å². The molecule has 2 aromatic carbocycles. The molecule has 2 aromatic rings. The molecule has 0 saturated carbocycles. The number of aryl methyl sites for hydroxylation is 2. The molecule has 126 valence electrons. The van der Waals surface area contributed by atoms with Crippen LogP contribution in [0, 0.1) is 19.7 Å². The Morgan fingerprint density at radius 1 is 1.12 bits per heavy atom. The van der Waals surface area contributed by atoms with Crippen molar-refractivity contribution in [2.75, 3.05) is 7.11 Å². The van der Waals surface area contributed by atoms with Crippen molar-refractivity contribution >= 4 is 11.9 Å². The average molecular weight is 329 g/mol. The molecule has 0 heterocycles. The molecule has 1 atom stereocenters. The van der Waals surface area contributed by atoms with Crippen LogP contribution < -0.4 is 5.32 Å². The van der Waals surface area contributed by atoms with Crippen LogP contribution in [0.15, 0.2) is 42.5 Å². The van der Waals surface area contributed by atoms with Gasteiger partial charge in [-0.25, -0.2) is 9.18 Å². The Bertz CT molecular complexity index is 738. The summed E-state index contributed by atoms with van der Waals surface area (Å²) in [6, 6.07) is 10.3. The average Bonchev–Trinajstić information content (AvgIpc) is 2.56. The second-order valence-electron chi connectivity index (χ2n) is 5.63. The van der Waals surface area contributed by atoms with Gasteiger partial charge in [-0.3, -0.25) is 4.79 Å². The minimum Gasteiger partial charge on any atom is -0.467 e. The summed E-state index contributed by atoms with van der Waals surface area (Å²) in [6.45, 7) is 3.90. The van der Waals surface area contributed by atoms with Gasteiger partial charge in [0.05, 0.1) is 7.11 Å². The summed E-state index contributed by atoms with van der Waals surface area (Å²) in [4.78, 5) is 24.4. The van der Waals surface area contributed by atoms with Crippen molar-refractivity contribution in [3.05, 3.63) is 70.5 Å². The summed E-state index contributed by atoms with van der Waals surface area (Å²) in [7, 11) is 1.27. The van der Waals surface area contributed by atoms with Crippen LogP contribution in [-0.2, 0) is 16.0 Å². The van der Waals surface area contributed by atoms with Gasteiger partial charge >= 0.3 is 5.97 Å². The monoisotopic (exact) mass is 329 g/mol. The zero-order valence-electron chi connectivity index (χ0n) is 13.9. The van der Waals surface area contributed by atoms with E-state index in [1.54, 1.807) is 0 Å². The van der Waals surface area contributed by atoms with Gasteiger partial charge in [-0.05, 0) is 48.7 Å². The first-order valence-electron chi connectivity index (χ1n) is 7.61. The zero-order valence-corrected chi connectivity index (χ0v) is 13.9. The van der Waals surface area contributed by atoms with Gasteiger partial charge in [0.1, 0.15) is 11.9 Å². The van der Waals surface area contributed by atoms with Crippen molar-refractivity contribution in [2.45, 2.75) is 26.3 Å². The molecule has 5 heteroatoms. The first kappa shape index (κ1) is 17.7. The van der Waals surface area contributed by atoms with Crippen LogP contribution in [0.3, 0.4) is 0 Å². The van der Waals surface area contributed by atoms with E-state index in [0.29, 0.717) is 6.42 Å². The predicted octanol–water partition coefficient (Wildman–Crippen LogP) is 2.96. The maximum Gasteiger partial charge on any atom is 0.328 e. The number of ether oxygens (including phenoxy) is 1. The number of hydrogen-bond acceptors (Lipinski definition) is 3. The molecule has 2 rings (SSSR count). The van der Waals surface area contributed by atoms with Gasteiger partial charge in [-0.2, -0.15) is 0 Å². The fourth-order valence-electron chi connectivity index (χ4n) is 2.58. The molecule has 4 nitrogen and oxygen atoms in total. The molecule has 0 saturated heterocycles. The summed E-state index contributed by atoms with van der Waals surface area (Å²) >= 11 is 0. The van der Waals surface area contributed by atoms with Crippen LogP contribution in [0.4, 0.5) is 4.39 Å². The molecule has 0 fully saturated rings. The molecule has 0 aromatic heterocycles. The summed E-state index contributed by atoms with van der Waals surface area (Å²) in [5, 5.41) is 2.63. The third kappa shape index (κ3) is 4.19. The Morgan fingerprint density at radius 2 is 1.75 bits per heavy atom. The molecular weight excluding hydrogens is 309 g/mol. The first-order valence-corrected chi connectivity index (χ1v) is 7.61. The lowest BCUT2D eigenvalue weighted by Crippen LogP contribution is -2.43. The topological polar surface area (TPSA) is 55.4 Å². The number of methoxy groups -OCH3 is 1. The van der Waals surface area contributed by atoms with Gasteiger partial charge in [-0.1, -0.05) is 24.3 Å².